The summed E-state index contributed by atoms with van der Waals surface area (Å²) in [7, 11) is 0. The molecule has 0 heterocycles. The van der Waals surface area contributed by atoms with Gasteiger partial charge in [0.15, 0.2) is 11.6 Å². The Hall–Kier alpha value is -1.59. The molecule has 2 rings (SSSR count). The summed E-state index contributed by atoms with van der Waals surface area (Å²) < 4.78 is 19.6. The Morgan fingerprint density at radius 3 is 2.76 bits per heavy atom. The van der Waals surface area contributed by atoms with Crippen molar-refractivity contribution < 1.29 is 13.9 Å². The van der Waals surface area contributed by atoms with Crippen LogP contribution in [0, 0.1) is 5.82 Å². The van der Waals surface area contributed by atoms with Crippen molar-refractivity contribution in [1.82, 2.24) is 0 Å². The molecule has 1 N–H and O–H groups in total. The Kier molecular flexibility index (Phi) is 5.20. The van der Waals surface area contributed by atoms with Crippen LogP contribution < -0.4 is 10.1 Å². The van der Waals surface area contributed by atoms with Crippen molar-refractivity contribution in [1.29, 1.82) is 0 Å². The van der Waals surface area contributed by atoms with Gasteiger partial charge in [-0.2, -0.15) is 0 Å². The standard InChI is InChI=1S/C15H12BrClFNO2/c1-2-21-14-6-4-10(8-13(14)18)19-15(20)11-7-9(16)3-5-12(11)17/h3-8H,2H2,1H3,(H,19,20). The monoisotopic (exact) mass is 371 g/mol. The topological polar surface area (TPSA) is 38.3 Å². The number of hydrogen-bond donors (Lipinski definition) is 1. The molecule has 110 valence electrons. The minimum absolute atomic E-state index is 0.149. The summed E-state index contributed by atoms with van der Waals surface area (Å²) in [6, 6.07) is 9.18. The molecule has 0 spiro atoms. The molecular formula is C15H12BrClFNO2. The minimum atomic E-state index is -0.532. The van der Waals surface area contributed by atoms with Gasteiger partial charge in [-0.1, -0.05) is 27.5 Å². The van der Waals surface area contributed by atoms with Crippen molar-refractivity contribution in [3.63, 3.8) is 0 Å². The highest BCUT2D eigenvalue weighted by Gasteiger charge is 2.12. The first-order valence-corrected chi connectivity index (χ1v) is 7.37. The molecule has 0 bridgehead atoms. The maximum Gasteiger partial charge on any atom is 0.257 e. The fraction of sp³-hybridized carbons (Fsp3) is 0.133. The molecule has 2 aromatic rings. The van der Waals surface area contributed by atoms with Gasteiger partial charge in [0, 0.05) is 16.2 Å². The predicted octanol–water partition coefficient (Wildman–Crippen LogP) is 4.89. The Morgan fingerprint density at radius 2 is 2.10 bits per heavy atom. The van der Waals surface area contributed by atoms with E-state index in [0.717, 1.165) is 4.47 Å². The number of rotatable bonds is 4. The van der Waals surface area contributed by atoms with E-state index in [1.54, 1.807) is 31.2 Å². The van der Waals surface area contributed by atoms with Gasteiger partial charge in [0.05, 0.1) is 17.2 Å². The summed E-state index contributed by atoms with van der Waals surface area (Å²) in [6.45, 7) is 2.14. The highest BCUT2D eigenvalue weighted by Crippen LogP contribution is 2.24. The van der Waals surface area contributed by atoms with Crippen LogP contribution in [0.2, 0.25) is 5.02 Å². The lowest BCUT2D eigenvalue weighted by Gasteiger charge is -2.09. The maximum absolute atomic E-state index is 13.7. The van der Waals surface area contributed by atoms with Crippen LogP contribution in [0.25, 0.3) is 0 Å². The second-order valence-corrected chi connectivity index (χ2v) is 5.48. The molecule has 21 heavy (non-hydrogen) atoms. The molecule has 0 radical (unpaired) electrons. The molecule has 0 aliphatic carbocycles. The highest BCUT2D eigenvalue weighted by atomic mass is 79.9. The third-order valence-corrected chi connectivity index (χ3v) is 3.49. The quantitative estimate of drug-likeness (QED) is 0.829. The zero-order valence-electron chi connectivity index (χ0n) is 11.1. The lowest BCUT2D eigenvalue weighted by molar-refractivity contribution is 0.102. The second kappa shape index (κ2) is 6.91. The van der Waals surface area contributed by atoms with Crippen LogP contribution >= 0.6 is 27.5 Å². The number of hydrogen-bond acceptors (Lipinski definition) is 2. The van der Waals surface area contributed by atoms with Gasteiger partial charge in [0.25, 0.3) is 5.91 Å². The van der Waals surface area contributed by atoms with Crippen molar-refractivity contribution in [3.05, 3.63) is 57.3 Å². The predicted molar refractivity (Wildman–Crippen MR) is 84.7 cm³/mol. The maximum atomic E-state index is 13.7. The zero-order valence-corrected chi connectivity index (χ0v) is 13.5. The number of amides is 1. The van der Waals surface area contributed by atoms with Crippen LogP contribution in [0.1, 0.15) is 17.3 Å². The first kappa shape index (κ1) is 15.8. The van der Waals surface area contributed by atoms with Gasteiger partial charge < -0.3 is 10.1 Å². The molecule has 2 aromatic carbocycles. The second-order valence-electron chi connectivity index (χ2n) is 4.16. The largest absolute Gasteiger partial charge is 0.491 e. The van der Waals surface area contributed by atoms with Gasteiger partial charge in [-0.25, -0.2) is 4.39 Å². The molecule has 0 aromatic heterocycles. The summed E-state index contributed by atoms with van der Waals surface area (Å²) in [5, 5.41) is 2.92. The Bertz CT molecular complexity index is 679. The van der Waals surface area contributed by atoms with E-state index in [0.29, 0.717) is 22.9 Å². The van der Waals surface area contributed by atoms with E-state index < -0.39 is 11.7 Å². The Balaban J connectivity index is 2.19. The smallest absolute Gasteiger partial charge is 0.257 e. The normalized spacial score (nSPS) is 10.3. The van der Waals surface area contributed by atoms with Crippen molar-refractivity contribution in [3.8, 4) is 5.75 Å². The Morgan fingerprint density at radius 1 is 1.33 bits per heavy atom. The Labute approximate surface area is 135 Å². The molecule has 0 saturated carbocycles. The number of benzene rings is 2. The molecule has 3 nitrogen and oxygen atoms in total. The van der Waals surface area contributed by atoms with E-state index in [4.69, 9.17) is 16.3 Å². The van der Waals surface area contributed by atoms with E-state index in [1.165, 1.54) is 12.1 Å². The minimum Gasteiger partial charge on any atom is -0.491 e. The lowest BCUT2D eigenvalue weighted by Crippen LogP contribution is -2.12. The van der Waals surface area contributed by atoms with Gasteiger partial charge in [-0.05, 0) is 37.3 Å². The first-order valence-electron chi connectivity index (χ1n) is 6.20. The molecule has 1 amide bonds. The third-order valence-electron chi connectivity index (χ3n) is 2.66. The van der Waals surface area contributed by atoms with E-state index in [1.807, 2.05) is 0 Å². The van der Waals surface area contributed by atoms with Crippen molar-refractivity contribution >= 4 is 39.1 Å². The third kappa shape index (κ3) is 3.95. The molecule has 0 unspecified atom stereocenters. The van der Waals surface area contributed by atoms with Crippen LogP contribution in [0.15, 0.2) is 40.9 Å². The van der Waals surface area contributed by atoms with E-state index in [9.17, 15) is 9.18 Å². The van der Waals surface area contributed by atoms with Crippen molar-refractivity contribution in [2.24, 2.45) is 0 Å². The van der Waals surface area contributed by atoms with E-state index in [2.05, 4.69) is 21.2 Å². The number of carbonyl (C=O) groups excluding carboxylic acids is 1. The number of anilines is 1. The molecule has 0 aliphatic heterocycles. The SMILES string of the molecule is CCOc1ccc(NC(=O)c2cc(Br)ccc2Cl)cc1F. The van der Waals surface area contributed by atoms with Crippen LogP contribution in [0.4, 0.5) is 10.1 Å². The number of halogens is 3. The fourth-order valence-corrected chi connectivity index (χ4v) is 2.29. The lowest BCUT2D eigenvalue weighted by atomic mass is 10.2. The summed E-state index contributed by atoms with van der Waals surface area (Å²) in [5.74, 6) is -0.796. The average Bonchev–Trinajstić information content (AvgIpc) is 2.44. The first-order chi connectivity index (χ1) is 10.0. The number of carbonyl (C=O) groups is 1. The summed E-state index contributed by atoms with van der Waals surface area (Å²) >= 11 is 9.25. The van der Waals surface area contributed by atoms with Gasteiger partial charge >= 0.3 is 0 Å². The molecular weight excluding hydrogens is 361 g/mol. The molecule has 0 saturated heterocycles. The van der Waals surface area contributed by atoms with Gasteiger partial charge in [-0.15, -0.1) is 0 Å². The van der Waals surface area contributed by atoms with E-state index >= 15 is 0 Å². The van der Waals surface area contributed by atoms with Crippen LogP contribution in [0.3, 0.4) is 0 Å². The summed E-state index contributed by atoms with van der Waals surface area (Å²) in [5.41, 5.74) is 0.636. The van der Waals surface area contributed by atoms with Crippen LogP contribution in [0.5, 0.6) is 5.75 Å². The number of nitrogens with one attached hydrogen (secondary N) is 1. The van der Waals surface area contributed by atoms with Crippen molar-refractivity contribution in [2.45, 2.75) is 6.92 Å². The van der Waals surface area contributed by atoms with Crippen LogP contribution in [-0.4, -0.2) is 12.5 Å². The van der Waals surface area contributed by atoms with E-state index in [-0.39, 0.29) is 5.75 Å². The highest BCUT2D eigenvalue weighted by molar-refractivity contribution is 9.10. The molecule has 0 atom stereocenters. The summed E-state index contributed by atoms with van der Waals surface area (Å²) in [6.07, 6.45) is 0. The molecule has 0 aliphatic rings. The molecule has 6 heteroatoms. The molecule has 0 fully saturated rings. The van der Waals surface area contributed by atoms with Crippen LogP contribution in [-0.2, 0) is 0 Å². The zero-order chi connectivity index (χ0) is 15.4. The van der Waals surface area contributed by atoms with Gasteiger partial charge in [0.2, 0.25) is 0 Å². The van der Waals surface area contributed by atoms with Gasteiger partial charge in [0.1, 0.15) is 0 Å². The van der Waals surface area contributed by atoms with Gasteiger partial charge in [-0.3, -0.25) is 4.79 Å². The van der Waals surface area contributed by atoms with Crippen molar-refractivity contribution in [2.75, 3.05) is 11.9 Å². The summed E-state index contributed by atoms with van der Waals surface area (Å²) in [4.78, 5) is 12.1. The number of ether oxygens (including phenoxy) is 1. The average molecular weight is 373 g/mol. The fourth-order valence-electron chi connectivity index (χ4n) is 1.72.